The third-order valence-corrected chi connectivity index (χ3v) is 4.88. The van der Waals surface area contributed by atoms with E-state index in [-0.39, 0.29) is 0 Å². The monoisotopic (exact) mass is 262 g/mol. The summed E-state index contributed by atoms with van der Waals surface area (Å²) in [5, 5.41) is 8.23. The van der Waals surface area contributed by atoms with E-state index in [1.165, 1.54) is 56.5 Å². The molecule has 0 aromatic carbocycles. The number of aryl methyl sites for hydroxylation is 1. The summed E-state index contributed by atoms with van der Waals surface area (Å²) >= 11 is 0. The van der Waals surface area contributed by atoms with Gasteiger partial charge >= 0.3 is 0 Å². The molecule has 1 aromatic heterocycles. The Balaban J connectivity index is 1.62. The fourth-order valence-corrected chi connectivity index (χ4v) is 3.74. The molecule has 2 unspecified atom stereocenters. The number of likely N-dealkylation sites (tertiary alicyclic amines) is 1. The molecule has 1 aromatic rings. The third kappa shape index (κ3) is 2.56. The third-order valence-electron chi connectivity index (χ3n) is 4.88. The van der Waals surface area contributed by atoms with Gasteiger partial charge in [0.25, 0.3) is 0 Å². The lowest BCUT2D eigenvalue weighted by atomic mass is 9.93. The first-order valence-electron chi connectivity index (χ1n) is 7.77. The molecular formula is C15H26N4. The van der Waals surface area contributed by atoms with Crippen LogP contribution in [0.25, 0.3) is 0 Å². The number of rotatable bonds is 4. The second-order valence-electron chi connectivity index (χ2n) is 5.95. The van der Waals surface area contributed by atoms with Crippen LogP contribution in [0.2, 0.25) is 0 Å². The SMILES string of the molecule is CCN1CCCC1CNC1CCCc2c1cnn2C. The summed E-state index contributed by atoms with van der Waals surface area (Å²) in [7, 11) is 2.07. The molecule has 2 aliphatic rings. The van der Waals surface area contributed by atoms with Crippen molar-refractivity contribution in [1.29, 1.82) is 0 Å². The highest BCUT2D eigenvalue weighted by Gasteiger charge is 2.26. The van der Waals surface area contributed by atoms with Crippen molar-refractivity contribution in [2.24, 2.45) is 7.05 Å². The molecule has 1 N–H and O–H groups in total. The molecule has 1 saturated heterocycles. The minimum atomic E-state index is 0.525. The largest absolute Gasteiger partial charge is 0.308 e. The molecule has 0 amide bonds. The molecule has 0 spiro atoms. The summed E-state index contributed by atoms with van der Waals surface area (Å²) in [5.41, 5.74) is 2.87. The maximum absolute atomic E-state index is 4.43. The van der Waals surface area contributed by atoms with Crippen LogP contribution >= 0.6 is 0 Å². The molecule has 4 heteroatoms. The zero-order valence-electron chi connectivity index (χ0n) is 12.2. The van der Waals surface area contributed by atoms with E-state index in [4.69, 9.17) is 0 Å². The highest BCUT2D eigenvalue weighted by Crippen LogP contribution is 2.29. The van der Waals surface area contributed by atoms with Crippen LogP contribution in [-0.2, 0) is 13.5 Å². The first-order valence-corrected chi connectivity index (χ1v) is 7.77. The molecule has 0 bridgehead atoms. The van der Waals surface area contributed by atoms with Crippen LogP contribution in [0.5, 0.6) is 0 Å². The molecule has 2 atom stereocenters. The summed E-state index contributed by atoms with van der Waals surface area (Å²) in [6.07, 6.45) is 8.52. The van der Waals surface area contributed by atoms with Crippen LogP contribution in [0.15, 0.2) is 6.20 Å². The fourth-order valence-electron chi connectivity index (χ4n) is 3.74. The van der Waals surface area contributed by atoms with E-state index in [0.717, 1.165) is 12.6 Å². The van der Waals surface area contributed by atoms with Gasteiger partial charge in [-0.3, -0.25) is 9.58 Å². The van der Waals surface area contributed by atoms with Crippen LogP contribution in [0.4, 0.5) is 0 Å². The fraction of sp³-hybridized carbons (Fsp3) is 0.800. The van der Waals surface area contributed by atoms with Crippen molar-refractivity contribution in [3.63, 3.8) is 0 Å². The van der Waals surface area contributed by atoms with Crippen LogP contribution in [0.1, 0.15) is 49.9 Å². The van der Waals surface area contributed by atoms with Crippen LogP contribution in [0.3, 0.4) is 0 Å². The summed E-state index contributed by atoms with van der Waals surface area (Å²) in [4.78, 5) is 2.61. The average Bonchev–Trinajstić information content (AvgIpc) is 3.03. The highest BCUT2D eigenvalue weighted by atomic mass is 15.3. The van der Waals surface area contributed by atoms with Gasteiger partial charge in [0.1, 0.15) is 0 Å². The van der Waals surface area contributed by atoms with Gasteiger partial charge in [-0.1, -0.05) is 6.92 Å². The van der Waals surface area contributed by atoms with Gasteiger partial charge in [-0.2, -0.15) is 5.10 Å². The van der Waals surface area contributed by atoms with E-state index in [2.05, 4.69) is 40.2 Å². The zero-order valence-corrected chi connectivity index (χ0v) is 12.2. The topological polar surface area (TPSA) is 33.1 Å². The predicted molar refractivity (Wildman–Crippen MR) is 77.2 cm³/mol. The van der Waals surface area contributed by atoms with E-state index < -0.39 is 0 Å². The number of likely N-dealkylation sites (N-methyl/N-ethyl adjacent to an activating group) is 1. The molecule has 106 valence electrons. The van der Waals surface area contributed by atoms with Gasteiger partial charge in [-0.05, 0) is 45.2 Å². The van der Waals surface area contributed by atoms with E-state index in [1.807, 2.05) is 0 Å². The molecule has 3 rings (SSSR count). The predicted octanol–water partition coefficient (Wildman–Crippen LogP) is 1.87. The maximum atomic E-state index is 4.43. The Hall–Kier alpha value is -0.870. The summed E-state index contributed by atoms with van der Waals surface area (Å²) in [6.45, 7) is 5.88. The zero-order chi connectivity index (χ0) is 13.2. The number of fused-ring (bicyclic) bond motifs is 1. The van der Waals surface area contributed by atoms with Crippen molar-refractivity contribution in [3.8, 4) is 0 Å². The molecule has 4 nitrogen and oxygen atoms in total. The van der Waals surface area contributed by atoms with Crippen molar-refractivity contribution in [1.82, 2.24) is 20.0 Å². The number of hydrogen-bond acceptors (Lipinski definition) is 3. The standard InChI is InChI=1S/C15H26N4/c1-3-19-9-5-6-12(19)10-16-14-7-4-8-15-13(14)11-17-18(15)2/h11-12,14,16H,3-10H2,1-2H3. The molecule has 1 aliphatic heterocycles. The Morgan fingerprint density at radius 2 is 2.26 bits per heavy atom. The van der Waals surface area contributed by atoms with Crippen molar-refractivity contribution >= 4 is 0 Å². The van der Waals surface area contributed by atoms with Crippen molar-refractivity contribution in [2.45, 2.75) is 51.1 Å². The van der Waals surface area contributed by atoms with Crippen molar-refractivity contribution in [2.75, 3.05) is 19.6 Å². The minimum absolute atomic E-state index is 0.525. The quantitative estimate of drug-likeness (QED) is 0.899. The molecular weight excluding hydrogens is 236 g/mol. The molecule has 0 radical (unpaired) electrons. The Kier molecular flexibility index (Phi) is 3.89. The van der Waals surface area contributed by atoms with Crippen LogP contribution < -0.4 is 5.32 Å². The summed E-state index contributed by atoms with van der Waals surface area (Å²) in [5.74, 6) is 0. The van der Waals surface area contributed by atoms with E-state index in [0.29, 0.717) is 6.04 Å². The first kappa shape index (κ1) is 13.1. The number of hydrogen-bond donors (Lipinski definition) is 1. The van der Waals surface area contributed by atoms with Gasteiger partial charge < -0.3 is 5.32 Å². The first-order chi connectivity index (χ1) is 9.29. The van der Waals surface area contributed by atoms with Crippen molar-refractivity contribution < 1.29 is 0 Å². The Morgan fingerprint density at radius 3 is 3.11 bits per heavy atom. The number of nitrogens with zero attached hydrogens (tertiary/aromatic N) is 3. The maximum Gasteiger partial charge on any atom is 0.0540 e. The lowest BCUT2D eigenvalue weighted by Gasteiger charge is -2.28. The summed E-state index contributed by atoms with van der Waals surface area (Å²) < 4.78 is 2.05. The number of nitrogens with one attached hydrogen (secondary N) is 1. The Labute approximate surface area is 116 Å². The van der Waals surface area contributed by atoms with Crippen molar-refractivity contribution in [3.05, 3.63) is 17.5 Å². The smallest absolute Gasteiger partial charge is 0.0540 e. The lowest BCUT2D eigenvalue weighted by Crippen LogP contribution is -2.39. The van der Waals surface area contributed by atoms with E-state index >= 15 is 0 Å². The summed E-state index contributed by atoms with van der Waals surface area (Å²) in [6, 6.07) is 1.27. The normalized spacial score (nSPS) is 27.7. The molecule has 19 heavy (non-hydrogen) atoms. The van der Waals surface area contributed by atoms with E-state index in [1.54, 1.807) is 0 Å². The molecule has 1 aliphatic carbocycles. The Bertz CT molecular complexity index is 426. The van der Waals surface area contributed by atoms with Gasteiger partial charge in [-0.25, -0.2) is 0 Å². The van der Waals surface area contributed by atoms with Crippen LogP contribution in [-0.4, -0.2) is 40.4 Å². The minimum Gasteiger partial charge on any atom is -0.308 e. The van der Waals surface area contributed by atoms with Gasteiger partial charge in [0.05, 0.1) is 6.20 Å². The van der Waals surface area contributed by atoms with Gasteiger partial charge in [0.2, 0.25) is 0 Å². The van der Waals surface area contributed by atoms with Gasteiger partial charge in [0.15, 0.2) is 0 Å². The lowest BCUT2D eigenvalue weighted by molar-refractivity contribution is 0.250. The van der Waals surface area contributed by atoms with Gasteiger partial charge in [0, 0.05) is 36.9 Å². The number of aromatic nitrogens is 2. The van der Waals surface area contributed by atoms with Crippen LogP contribution in [0, 0.1) is 0 Å². The molecule has 1 fully saturated rings. The second-order valence-corrected chi connectivity index (χ2v) is 5.95. The molecule has 0 saturated carbocycles. The second kappa shape index (κ2) is 5.63. The Morgan fingerprint density at radius 1 is 1.37 bits per heavy atom. The highest BCUT2D eigenvalue weighted by molar-refractivity contribution is 5.24. The average molecular weight is 262 g/mol. The van der Waals surface area contributed by atoms with Gasteiger partial charge in [-0.15, -0.1) is 0 Å². The van der Waals surface area contributed by atoms with E-state index in [9.17, 15) is 0 Å². The molecule has 2 heterocycles.